The van der Waals surface area contributed by atoms with Crippen molar-refractivity contribution >= 4 is 40.1 Å². The summed E-state index contributed by atoms with van der Waals surface area (Å²) in [5.74, 6) is -3.01. The summed E-state index contributed by atoms with van der Waals surface area (Å²) in [6.45, 7) is 2.08. The van der Waals surface area contributed by atoms with Gasteiger partial charge in [-0.3, -0.25) is 4.79 Å². The molecule has 4 rings (SSSR count). The molecule has 3 aromatic rings. The summed E-state index contributed by atoms with van der Waals surface area (Å²) in [6, 6.07) is 9.73. The fourth-order valence-electron chi connectivity index (χ4n) is 4.54. The van der Waals surface area contributed by atoms with Gasteiger partial charge in [0.15, 0.2) is 0 Å². The largest absolute Gasteiger partial charge is 0.370 e. The van der Waals surface area contributed by atoms with Gasteiger partial charge in [-0.25, -0.2) is 13.8 Å². The Hall–Kier alpha value is -2.18. The van der Waals surface area contributed by atoms with E-state index in [0.717, 1.165) is 12.0 Å². The molecule has 8 heteroatoms. The van der Waals surface area contributed by atoms with Crippen LogP contribution in [0.15, 0.2) is 30.3 Å². The van der Waals surface area contributed by atoms with E-state index in [2.05, 4.69) is 11.9 Å². The highest BCUT2D eigenvalue weighted by atomic mass is 35.5. The maximum absolute atomic E-state index is 13.6. The Labute approximate surface area is 195 Å². The number of carbonyl (C=O) groups excluding carboxylic acids is 1. The molecule has 0 spiro atoms. The van der Waals surface area contributed by atoms with Gasteiger partial charge in [-0.15, -0.1) is 0 Å². The van der Waals surface area contributed by atoms with Crippen LogP contribution in [0.3, 0.4) is 0 Å². The number of primary amides is 1. The number of H-pyrrole nitrogens is 1. The van der Waals surface area contributed by atoms with Crippen molar-refractivity contribution in [3.63, 3.8) is 0 Å². The lowest BCUT2D eigenvalue weighted by molar-refractivity contribution is -0.118. The molecule has 1 heterocycles. The van der Waals surface area contributed by atoms with Crippen LogP contribution in [0.25, 0.3) is 11.0 Å². The number of aromatic amines is 1. The van der Waals surface area contributed by atoms with E-state index in [9.17, 15) is 13.6 Å². The van der Waals surface area contributed by atoms with E-state index in [4.69, 9.17) is 33.9 Å². The van der Waals surface area contributed by atoms with Crippen LogP contribution >= 0.6 is 23.2 Å². The monoisotopic (exact) mass is 479 g/mol. The second kappa shape index (κ2) is 8.99. The van der Waals surface area contributed by atoms with E-state index in [1.165, 1.54) is 5.56 Å². The van der Waals surface area contributed by atoms with Gasteiger partial charge in [-0.05, 0) is 47.9 Å². The van der Waals surface area contributed by atoms with Crippen molar-refractivity contribution in [3.05, 3.63) is 62.9 Å². The molecule has 2 aromatic carbocycles. The molecule has 0 saturated heterocycles. The summed E-state index contributed by atoms with van der Waals surface area (Å²) < 4.78 is 27.3. The van der Waals surface area contributed by atoms with Crippen LogP contribution in [-0.2, 0) is 11.2 Å². The number of halogens is 4. The number of rotatable bonds is 6. The molecule has 0 aliphatic heterocycles. The highest BCUT2D eigenvalue weighted by Crippen LogP contribution is 2.46. The molecule has 1 aliphatic carbocycles. The predicted molar refractivity (Wildman–Crippen MR) is 124 cm³/mol. The standard InChI is InChI=1S/C24H25Cl2F2N3O/c1-2-13-3-5-14(6-4-13)16(11-19(29)32)23-30-18-12-17(25)20(21(26)22(18)31-23)15-7-9-24(27,28)10-8-15/h3-6,12,15-16H,2,7-11H2,1H3,(H2,29,32)(H,30,31)/t16-/m0/s1. The molecule has 1 saturated carbocycles. The number of nitrogens with zero attached hydrogens (tertiary/aromatic N) is 1. The number of nitrogens with one attached hydrogen (secondary N) is 1. The molecule has 0 unspecified atom stereocenters. The predicted octanol–water partition coefficient (Wildman–Crippen LogP) is 6.73. The first-order valence-electron chi connectivity index (χ1n) is 10.8. The molecular formula is C24H25Cl2F2N3O. The zero-order valence-electron chi connectivity index (χ0n) is 17.7. The molecule has 1 aliphatic rings. The second-order valence-electron chi connectivity index (χ2n) is 8.55. The van der Waals surface area contributed by atoms with E-state index in [1.807, 2.05) is 24.3 Å². The quantitative estimate of drug-likeness (QED) is 0.411. The zero-order valence-corrected chi connectivity index (χ0v) is 19.2. The Morgan fingerprint density at radius 3 is 2.50 bits per heavy atom. The van der Waals surface area contributed by atoms with Crippen molar-refractivity contribution in [2.75, 3.05) is 0 Å². The Morgan fingerprint density at radius 1 is 1.25 bits per heavy atom. The fraction of sp³-hybridized carbons (Fsp3) is 0.417. The van der Waals surface area contributed by atoms with Gasteiger partial charge in [-0.2, -0.15) is 0 Å². The molecule has 4 nitrogen and oxygen atoms in total. The van der Waals surface area contributed by atoms with E-state index in [0.29, 0.717) is 45.3 Å². The Balaban J connectivity index is 1.74. The Morgan fingerprint density at radius 2 is 1.91 bits per heavy atom. The molecule has 1 atom stereocenters. The molecule has 1 aromatic heterocycles. The van der Waals surface area contributed by atoms with Crippen LogP contribution in [-0.4, -0.2) is 21.8 Å². The number of benzene rings is 2. The van der Waals surface area contributed by atoms with E-state index >= 15 is 0 Å². The van der Waals surface area contributed by atoms with Gasteiger partial charge in [0, 0.05) is 24.3 Å². The maximum Gasteiger partial charge on any atom is 0.248 e. The number of amides is 1. The summed E-state index contributed by atoms with van der Waals surface area (Å²) in [6.07, 6.45) is 1.29. The zero-order chi connectivity index (χ0) is 23.0. The lowest BCUT2D eigenvalue weighted by Crippen LogP contribution is -2.23. The lowest BCUT2D eigenvalue weighted by atomic mass is 9.82. The highest BCUT2D eigenvalue weighted by molar-refractivity contribution is 6.39. The van der Waals surface area contributed by atoms with E-state index in [-0.39, 0.29) is 31.1 Å². The number of alkyl halides is 2. The third-order valence-electron chi connectivity index (χ3n) is 6.37. The van der Waals surface area contributed by atoms with Crippen LogP contribution in [0, 0.1) is 0 Å². The van der Waals surface area contributed by atoms with E-state index in [1.54, 1.807) is 6.07 Å². The molecule has 1 fully saturated rings. The molecule has 0 radical (unpaired) electrons. The van der Waals surface area contributed by atoms with Crippen LogP contribution in [0.2, 0.25) is 10.0 Å². The third-order valence-corrected chi connectivity index (χ3v) is 7.07. The Bertz CT molecular complexity index is 1130. The number of hydrogen-bond donors (Lipinski definition) is 2. The first-order valence-corrected chi connectivity index (χ1v) is 11.6. The molecule has 170 valence electrons. The molecule has 1 amide bonds. The van der Waals surface area contributed by atoms with Crippen LogP contribution < -0.4 is 5.73 Å². The summed E-state index contributed by atoms with van der Waals surface area (Å²) in [5, 5.41) is 0.816. The van der Waals surface area contributed by atoms with Gasteiger partial charge in [0.1, 0.15) is 11.3 Å². The Kier molecular flexibility index (Phi) is 6.46. The number of aryl methyl sites for hydroxylation is 1. The lowest BCUT2D eigenvalue weighted by Gasteiger charge is -2.29. The number of carbonyl (C=O) groups is 1. The molecule has 0 bridgehead atoms. The number of imidazole rings is 1. The molecule has 3 N–H and O–H groups in total. The van der Waals surface area contributed by atoms with Crippen molar-refractivity contribution in [2.45, 2.75) is 63.2 Å². The van der Waals surface area contributed by atoms with Gasteiger partial charge in [-0.1, -0.05) is 54.4 Å². The van der Waals surface area contributed by atoms with Crippen molar-refractivity contribution in [1.82, 2.24) is 9.97 Å². The minimum Gasteiger partial charge on any atom is -0.370 e. The minimum atomic E-state index is -2.63. The van der Waals surface area contributed by atoms with Crippen molar-refractivity contribution in [2.24, 2.45) is 5.73 Å². The summed E-state index contributed by atoms with van der Waals surface area (Å²) in [7, 11) is 0. The average molecular weight is 480 g/mol. The normalized spacial score (nSPS) is 17.5. The fourth-order valence-corrected chi connectivity index (χ4v) is 5.35. The summed E-state index contributed by atoms with van der Waals surface area (Å²) in [5.41, 5.74) is 9.47. The highest BCUT2D eigenvalue weighted by Gasteiger charge is 2.37. The van der Waals surface area contributed by atoms with Gasteiger partial charge in [0.2, 0.25) is 11.8 Å². The van der Waals surface area contributed by atoms with Crippen LogP contribution in [0.5, 0.6) is 0 Å². The summed E-state index contributed by atoms with van der Waals surface area (Å²) in [4.78, 5) is 19.8. The topological polar surface area (TPSA) is 71.8 Å². The van der Waals surface area contributed by atoms with Crippen LogP contribution in [0.4, 0.5) is 8.78 Å². The number of fused-ring (bicyclic) bond motifs is 1. The molecule has 32 heavy (non-hydrogen) atoms. The second-order valence-corrected chi connectivity index (χ2v) is 9.34. The van der Waals surface area contributed by atoms with Crippen molar-refractivity contribution in [1.29, 1.82) is 0 Å². The van der Waals surface area contributed by atoms with Gasteiger partial charge < -0.3 is 10.7 Å². The summed E-state index contributed by atoms with van der Waals surface area (Å²) >= 11 is 13.3. The minimum absolute atomic E-state index is 0.0845. The van der Waals surface area contributed by atoms with E-state index < -0.39 is 11.8 Å². The number of hydrogen-bond acceptors (Lipinski definition) is 2. The van der Waals surface area contributed by atoms with Crippen molar-refractivity contribution < 1.29 is 13.6 Å². The third kappa shape index (κ3) is 4.62. The maximum atomic E-state index is 13.6. The SMILES string of the molecule is CCc1ccc([C@H](CC(N)=O)c2nc3c(Cl)c(C4CCC(F)(F)CC4)c(Cl)cc3[nH]2)cc1. The molecular weight excluding hydrogens is 455 g/mol. The van der Waals surface area contributed by atoms with Gasteiger partial charge in [0.25, 0.3) is 0 Å². The van der Waals surface area contributed by atoms with Gasteiger partial charge in [0.05, 0.1) is 16.5 Å². The number of nitrogens with two attached hydrogens (primary N) is 1. The van der Waals surface area contributed by atoms with Crippen LogP contribution in [0.1, 0.15) is 73.4 Å². The van der Waals surface area contributed by atoms with Gasteiger partial charge >= 0.3 is 0 Å². The first-order chi connectivity index (χ1) is 15.2. The average Bonchev–Trinajstić information content (AvgIpc) is 3.17. The smallest absolute Gasteiger partial charge is 0.248 e. The number of aromatic nitrogens is 2. The first kappa shape index (κ1) is 23.0. The van der Waals surface area contributed by atoms with Crippen molar-refractivity contribution in [3.8, 4) is 0 Å².